The molecule has 0 aromatic heterocycles. The monoisotopic (exact) mass is 222 g/mol. The molecular formula is C7H14N2O4S. The molecule has 6 nitrogen and oxygen atoms in total. The summed E-state index contributed by atoms with van der Waals surface area (Å²) in [5.41, 5.74) is 5.08. The first kappa shape index (κ1) is 11.4. The van der Waals surface area contributed by atoms with E-state index in [9.17, 15) is 13.2 Å². The summed E-state index contributed by atoms with van der Waals surface area (Å²) in [7, 11) is -3.67. The van der Waals surface area contributed by atoms with E-state index in [4.69, 9.17) is 10.3 Å². The first-order valence-corrected chi connectivity index (χ1v) is 6.10. The zero-order valence-corrected chi connectivity index (χ0v) is 8.62. The minimum atomic E-state index is -3.67. The number of carbonyl (C=O) groups excluding carboxylic acids is 1. The molecule has 0 spiro atoms. The highest BCUT2D eigenvalue weighted by atomic mass is 32.2. The summed E-state index contributed by atoms with van der Waals surface area (Å²) in [6.07, 6.45) is 2.94. The third-order valence-corrected chi connectivity index (χ3v) is 2.22. The molecule has 0 unspecified atom stereocenters. The quantitative estimate of drug-likeness (QED) is 0.479. The van der Waals surface area contributed by atoms with Crippen molar-refractivity contribution in [1.29, 1.82) is 0 Å². The van der Waals surface area contributed by atoms with Crippen molar-refractivity contribution in [3.8, 4) is 0 Å². The molecule has 1 heterocycles. The van der Waals surface area contributed by atoms with Crippen LogP contribution in [0.1, 0.15) is 12.8 Å². The van der Waals surface area contributed by atoms with Gasteiger partial charge in [0.1, 0.15) is 0 Å². The molecule has 0 bridgehead atoms. The second kappa shape index (κ2) is 3.84. The first-order chi connectivity index (χ1) is 6.27. The van der Waals surface area contributed by atoms with Crippen LogP contribution in [0.25, 0.3) is 0 Å². The van der Waals surface area contributed by atoms with Gasteiger partial charge in [-0.1, -0.05) is 0 Å². The van der Waals surface area contributed by atoms with Crippen molar-refractivity contribution in [1.82, 2.24) is 5.32 Å². The third kappa shape index (κ3) is 4.03. The molecule has 1 aliphatic carbocycles. The van der Waals surface area contributed by atoms with Gasteiger partial charge in [0.2, 0.25) is 5.91 Å². The van der Waals surface area contributed by atoms with Gasteiger partial charge < -0.3 is 11.1 Å². The number of rotatable bonds is 1. The van der Waals surface area contributed by atoms with E-state index in [1.54, 1.807) is 0 Å². The Balaban J connectivity index is 0.000000171. The average molecular weight is 222 g/mol. The van der Waals surface area contributed by atoms with Crippen molar-refractivity contribution in [3.05, 3.63) is 0 Å². The largest absolute Gasteiger partial charge is 0.368 e. The van der Waals surface area contributed by atoms with Crippen LogP contribution in [0.2, 0.25) is 0 Å². The van der Waals surface area contributed by atoms with E-state index in [1.807, 2.05) is 0 Å². The molecule has 0 aromatic rings. The lowest BCUT2D eigenvalue weighted by Crippen LogP contribution is -2.38. The molecule has 3 atom stereocenters. The summed E-state index contributed by atoms with van der Waals surface area (Å²) in [4.78, 5) is 10.5. The van der Waals surface area contributed by atoms with Crippen molar-refractivity contribution in [2.45, 2.75) is 24.9 Å². The zero-order valence-electron chi connectivity index (χ0n) is 7.80. The molecule has 1 saturated carbocycles. The van der Waals surface area contributed by atoms with Gasteiger partial charge in [-0.15, -0.1) is 0 Å². The lowest BCUT2D eigenvalue weighted by molar-refractivity contribution is -0.119. The predicted octanol–water partition coefficient (Wildman–Crippen LogP) is -1.27. The molecule has 82 valence electrons. The standard InChI is InChI=1S/C6H10N2O.CH4O3S/c7-6(9)5-2-3-1-4(3)8-5;1-5(2,3)4/h3-5,8H,1-2H2,(H2,7,9);1H3,(H,2,3,4)/t3-,4-,5+;/m1./s1. The molecule has 1 saturated heterocycles. The minimum Gasteiger partial charge on any atom is -0.368 e. The normalized spacial score (nSPS) is 34.0. The van der Waals surface area contributed by atoms with Crippen LogP contribution < -0.4 is 11.1 Å². The van der Waals surface area contributed by atoms with Crippen LogP contribution in [0.5, 0.6) is 0 Å². The first-order valence-electron chi connectivity index (χ1n) is 4.25. The molecule has 7 heteroatoms. The molecule has 14 heavy (non-hydrogen) atoms. The molecule has 2 rings (SSSR count). The lowest BCUT2D eigenvalue weighted by Gasteiger charge is -2.06. The zero-order chi connectivity index (χ0) is 10.9. The van der Waals surface area contributed by atoms with E-state index in [0.29, 0.717) is 12.3 Å². The van der Waals surface area contributed by atoms with Crippen molar-refractivity contribution in [3.63, 3.8) is 0 Å². The summed E-state index contributed by atoms with van der Waals surface area (Å²) in [6.45, 7) is 0. The van der Waals surface area contributed by atoms with Crippen LogP contribution in [-0.4, -0.2) is 37.2 Å². The Morgan fingerprint density at radius 3 is 2.21 bits per heavy atom. The lowest BCUT2D eigenvalue weighted by atomic mass is 10.2. The Labute approximate surface area is 82.6 Å². The number of amides is 1. The molecule has 4 N–H and O–H groups in total. The van der Waals surface area contributed by atoms with E-state index < -0.39 is 10.1 Å². The van der Waals surface area contributed by atoms with Gasteiger partial charge in [0, 0.05) is 6.04 Å². The summed E-state index contributed by atoms with van der Waals surface area (Å²) in [5, 5.41) is 3.15. The van der Waals surface area contributed by atoms with Gasteiger partial charge in [-0.3, -0.25) is 9.35 Å². The van der Waals surface area contributed by atoms with Crippen molar-refractivity contribution < 1.29 is 17.8 Å². The van der Waals surface area contributed by atoms with Crippen LogP contribution in [0, 0.1) is 5.92 Å². The molecule has 0 radical (unpaired) electrons. The number of piperidine rings is 1. The Kier molecular flexibility index (Phi) is 3.13. The number of hydrogen-bond acceptors (Lipinski definition) is 4. The SMILES string of the molecule is CS(=O)(=O)O.NC(=O)[C@@H]1C[C@H]2C[C@H]2N1. The van der Waals surface area contributed by atoms with Crippen molar-refractivity contribution >= 4 is 16.0 Å². The summed E-state index contributed by atoms with van der Waals surface area (Å²) < 4.78 is 25.9. The molecule has 0 aromatic carbocycles. The van der Waals surface area contributed by atoms with Gasteiger partial charge in [0.15, 0.2) is 0 Å². The minimum absolute atomic E-state index is 0.0197. The fraction of sp³-hybridized carbons (Fsp3) is 0.857. The van der Waals surface area contributed by atoms with E-state index in [2.05, 4.69) is 5.32 Å². The Bertz CT molecular complexity index is 309. The van der Waals surface area contributed by atoms with Gasteiger partial charge in [-0.05, 0) is 18.8 Å². The molecule has 1 amide bonds. The van der Waals surface area contributed by atoms with E-state index in [1.165, 1.54) is 6.42 Å². The van der Waals surface area contributed by atoms with E-state index in [-0.39, 0.29) is 11.9 Å². The maximum absolute atomic E-state index is 10.5. The summed E-state index contributed by atoms with van der Waals surface area (Å²) in [5.74, 6) is 0.574. The Morgan fingerprint density at radius 1 is 1.50 bits per heavy atom. The number of fused-ring (bicyclic) bond motifs is 1. The van der Waals surface area contributed by atoms with E-state index >= 15 is 0 Å². The van der Waals surface area contributed by atoms with Crippen LogP contribution >= 0.6 is 0 Å². The maximum Gasteiger partial charge on any atom is 0.261 e. The van der Waals surface area contributed by atoms with Crippen molar-refractivity contribution in [2.75, 3.05) is 6.26 Å². The smallest absolute Gasteiger partial charge is 0.261 e. The highest BCUT2D eigenvalue weighted by Crippen LogP contribution is 2.40. The Morgan fingerprint density at radius 2 is 2.00 bits per heavy atom. The molecule has 2 aliphatic rings. The average Bonchev–Trinajstić information content (AvgIpc) is 2.55. The van der Waals surface area contributed by atoms with Gasteiger partial charge >= 0.3 is 0 Å². The highest BCUT2D eigenvalue weighted by Gasteiger charge is 2.47. The Hall–Kier alpha value is -0.660. The number of nitrogens with two attached hydrogens (primary N) is 1. The van der Waals surface area contributed by atoms with Gasteiger partial charge in [-0.25, -0.2) is 0 Å². The molecule has 1 aliphatic heterocycles. The van der Waals surface area contributed by atoms with Crippen molar-refractivity contribution in [2.24, 2.45) is 11.7 Å². The topological polar surface area (TPSA) is 109 Å². The highest BCUT2D eigenvalue weighted by molar-refractivity contribution is 7.85. The number of nitrogens with one attached hydrogen (secondary N) is 1. The summed E-state index contributed by atoms with van der Waals surface area (Å²) in [6, 6.07) is 0.608. The van der Waals surface area contributed by atoms with Crippen LogP contribution in [-0.2, 0) is 14.9 Å². The number of primary amides is 1. The van der Waals surface area contributed by atoms with Gasteiger partial charge in [0.05, 0.1) is 12.3 Å². The predicted molar refractivity (Wildman–Crippen MR) is 50.1 cm³/mol. The molecule has 2 fully saturated rings. The fourth-order valence-corrected chi connectivity index (χ4v) is 1.54. The van der Waals surface area contributed by atoms with Crippen LogP contribution in [0.4, 0.5) is 0 Å². The van der Waals surface area contributed by atoms with Gasteiger partial charge in [-0.2, -0.15) is 8.42 Å². The van der Waals surface area contributed by atoms with Crippen LogP contribution in [0.15, 0.2) is 0 Å². The second-order valence-electron chi connectivity index (χ2n) is 3.69. The number of carbonyl (C=O) groups is 1. The number of hydrogen-bond donors (Lipinski definition) is 3. The third-order valence-electron chi connectivity index (χ3n) is 2.22. The second-order valence-corrected chi connectivity index (χ2v) is 5.16. The van der Waals surface area contributed by atoms with E-state index in [0.717, 1.165) is 12.3 Å². The molecular weight excluding hydrogens is 208 g/mol. The van der Waals surface area contributed by atoms with Gasteiger partial charge in [0.25, 0.3) is 10.1 Å². The van der Waals surface area contributed by atoms with Crippen LogP contribution in [0.3, 0.4) is 0 Å². The fourth-order valence-electron chi connectivity index (χ4n) is 1.54. The maximum atomic E-state index is 10.5. The summed E-state index contributed by atoms with van der Waals surface area (Å²) >= 11 is 0.